The minimum atomic E-state index is -0.212. The first-order valence-electron chi connectivity index (χ1n) is 6.45. The molecule has 1 N–H and O–H groups in total. The van der Waals surface area contributed by atoms with Gasteiger partial charge in [0, 0.05) is 24.5 Å². The summed E-state index contributed by atoms with van der Waals surface area (Å²) < 4.78 is 6.89. The third-order valence-corrected chi connectivity index (χ3v) is 3.04. The van der Waals surface area contributed by atoms with Gasteiger partial charge in [0.25, 0.3) is 5.91 Å². The highest BCUT2D eigenvalue weighted by Gasteiger charge is 2.11. The second-order valence-electron chi connectivity index (χ2n) is 4.67. The first kappa shape index (κ1) is 13.1. The summed E-state index contributed by atoms with van der Waals surface area (Å²) in [5, 5.41) is 6.81. The van der Waals surface area contributed by atoms with Crippen molar-refractivity contribution < 1.29 is 9.21 Å². The van der Waals surface area contributed by atoms with E-state index in [4.69, 9.17) is 4.42 Å². The molecule has 0 aliphatic carbocycles. The van der Waals surface area contributed by atoms with Crippen LogP contribution in [0.4, 0.5) is 5.69 Å². The minimum Gasteiger partial charge on any atom is -0.444 e. The lowest BCUT2D eigenvalue weighted by Gasteiger charge is -2.06. The zero-order valence-electron chi connectivity index (χ0n) is 11.7. The molecule has 3 aromatic rings. The molecule has 106 valence electrons. The molecular formula is C15H14N4O2. The van der Waals surface area contributed by atoms with Gasteiger partial charge in [0.15, 0.2) is 0 Å². The number of nitrogens with zero attached hydrogens (tertiary/aromatic N) is 3. The zero-order valence-corrected chi connectivity index (χ0v) is 11.7. The smallest absolute Gasteiger partial charge is 0.273 e. The van der Waals surface area contributed by atoms with E-state index in [0.29, 0.717) is 17.3 Å². The molecule has 2 aromatic heterocycles. The summed E-state index contributed by atoms with van der Waals surface area (Å²) >= 11 is 0. The molecule has 1 aromatic carbocycles. The number of carbonyl (C=O) groups excluding carboxylic acids is 1. The summed E-state index contributed by atoms with van der Waals surface area (Å²) in [5.74, 6) is 0.319. The summed E-state index contributed by atoms with van der Waals surface area (Å²) in [6.07, 6.45) is 3.18. The van der Waals surface area contributed by atoms with Gasteiger partial charge in [-0.25, -0.2) is 4.98 Å². The lowest BCUT2D eigenvalue weighted by atomic mass is 10.2. The van der Waals surface area contributed by atoms with E-state index in [1.807, 2.05) is 31.2 Å². The summed E-state index contributed by atoms with van der Waals surface area (Å²) in [7, 11) is 1.72. The van der Waals surface area contributed by atoms with Crippen LogP contribution in [0.25, 0.3) is 11.5 Å². The molecule has 3 rings (SSSR count). The van der Waals surface area contributed by atoms with E-state index in [-0.39, 0.29) is 5.91 Å². The Morgan fingerprint density at radius 3 is 2.86 bits per heavy atom. The molecule has 1 amide bonds. The van der Waals surface area contributed by atoms with Crippen LogP contribution in [-0.2, 0) is 7.05 Å². The Morgan fingerprint density at radius 2 is 2.19 bits per heavy atom. The predicted octanol–water partition coefficient (Wildman–Crippen LogP) is 2.64. The number of rotatable bonds is 3. The van der Waals surface area contributed by atoms with Crippen LogP contribution in [0.3, 0.4) is 0 Å². The highest BCUT2D eigenvalue weighted by molar-refractivity contribution is 6.03. The maximum Gasteiger partial charge on any atom is 0.273 e. The van der Waals surface area contributed by atoms with Crippen molar-refractivity contribution in [3.05, 3.63) is 54.2 Å². The summed E-state index contributed by atoms with van der Waals surface area (Å²) in [4.78, 5) is 16.4. The van der Waals surface area contributed by atoms with Gasteiger partial charge in [0.2, 0.25) is 5.89 Å². The van der Waals surface area contributed by atoms with Crippen molar-refractivity contribution in [3.8, 4) is 11.5 Å². The fraction of sp³-hybridized carbons (Fsp3) is 0.133. The average Bonchev–Trinajstić information content (AvgIpc) is 3.08. The number of carbonyl (C=O) groups is 1. The first-order chi connectivity index (χ1) is 10.1. The van der Waals surface area contributed by atoms with Crippen molar-refractivity contribution >= 4 is 11.6 Å². The number of aromatic nitrogens is 3. The average molecular weight is 282 g/mol. The van der Waals surface area contributed by atoms with E-state index in [0.717, 1.165) is 11.3 Å². The van der Waals surface area contributed by atoms with Crippen LogP contribution >= 0.6 is 0 Å². The summed E-state index contributed by atoms with van der Waals surface area (Å²) in [6.45, 7) is 1.86. The van der Waals surface area contributed by atoms with Crippen LogP contribution in [0.15, 0.2) is 47.2 Å². The minimum absolute atomic E-state index is 0.212. The van der Waals surface area contributed by atoms with Gasteiger partial charge in [-0.15, -0.1) is 0 Å². The van der Waals surface area contributed by atoms with E-state index in [2.05, 4.69) is 15.4 Å². The van der Waals surface area contributed by atoms with Gasteiger partial charge in [0.05, 0.1) is 5.69 Å². The van der Waals surface area contributed by atoms with Crippen LogP contribution in [0, 0.1) is 6.92 Å². The lowest BCUT2D eigenvalue weighted by Crippen LogP contribution is -2.16. The molecule has 0 saturated heterocycles. The molecule has 0 fully saturated rings. The highest BCUT2D eigenvalue weighted by atomic mass is 16.3. The Labute approximate surface area is 121 Å². The monoisotopic (exact) mass is 282 g/mol. The third-order valence-electron chi connectivity index (χ3n) is 3.04. The topological polar surface area (TPSA) is 73.0 Å². The van der Waals surface area contributed by atoms with Crippen LogP contribution in [-0.4, -0.2) is 20.7 Å². The normalized spacial score (nSPS) is 10.6. The molecule has 0 bridgehead atoms. The number of oxazole rings is 1. The number of benzene rings is 1. The summed E-state index contributed by atoms with van der Waals surface area (Å²) in [6, 6.07) is 9.02. The molecule has 0 unspecified atom stereocenters. The number of anilines is 1. The van der Waals surface area contributed by atoms with Crippen molar-refractivity contribution in [2.45, 2.75) is 6.92 Å². The zero-order chi connectivity index (χ0) is 14.8. The number of nitrogens with one attached hydrogen (secondary N) is 1. The molecular weight excluding hydrogens is 268 g/mol. The molecule has 6 nitrogen and oxygen atoms in total. The van der Waals surface area contributed by atoms with E-state index in [1.54, 1.807) is 25.6 Å². The fourth-order valence-electron chi connectivity index (χ4n) is 2.01. The molecule has 0 aliphatic heterocycles. The molecule has 0 spiro atoms. The quantitative estimate of drug-likeness (QED) is 0.801. The number of amides is 1. The Kier molecular flexibility index (Phi) is 3.27. The van der Waals surface area contributed by atoms with Crippen molar-refractivity contribution in [2.75, 3.05) is 5.32 Å². The maximum atomic E-state index is 12.1. The SMILES string of the molecule is Cc1coc(-c2cccc(NC(=O)c3ccnn3C)c2)n1. The Hall–Kier alpha value is -2.89. The second-order valence-corrected chi connectivity index (χ2v) is 4.67. The Bertz CT molecular complexity index is 788. The molecule has 21 heavy (non-hydrogen) atoms. The van der Waals surface area contributed by atoms with Gasteiger partial charge in [-0.1, -0.05) is 6.07 Å². The van der Waals surface area contributed by atoms with Crippen LogP contribution < -0.4 is 5.32 Å². The molecule has 0 radical (unpaired) electrons. The van der Waals surface area contributed by atoms with E-state index < -0.39 is 0 Å². The molecule has 2 heterocycles. The van der Waals surface area contributed by atoms with Gasteiger partial charge in [0.1, 0.15) is 12.0 Å². The number of aryl methyl sites for hydroxylation is 2. The largest absolute Gasteiger partial charge is 0.444 e. The lowest BCUT2D eigenvalue weighted by molar-refractivity contribution is 0.101. The summed E-state index contributed by atoms with van der Waals surface area (Å²) in [5.41, 5.74) is 2.79. The van der Waals surface area contributed by atoms with Crippen molar-refractivity contribution in [1.82, 2.24) is 14.8 Å². The Morgan fingerprint density at radius 1 is 1.33 bits per heavy atom. The van der Waals surface area contributed by atoms with Gasteiger partial charge in [-0.2, -0.15) is 5.10 Å². The van der Waals surface area contributed by atoms with Crippen LogP contribution in [0.5, 0.6) is 0 Å². The fourth-order valence-corrected chi connectivity index (χ4v) is 2.01. The third kappa shape index (κ3) is 2.69. The standard InChI is InChI=1S/C15H14N4O2/c1-10-9-21-15(17-10)11-4-3-5-12(8-11)18-14(20)13-6-7-16-19(13)2/h3-9H,1-2H3,(H,18,20). The van der Waals surface area contributed by atoms with E-state index in [9.17, 15) is 4.79 Å². The highest BCUT2D eigenvalue weighted by Crippen LogP contribution is 2.22. The predicted molar refractivity (Wildman–Crippen MR) is 77.8 cm³/mol. The molecule has 0 saturated carbocycles. The van der Waals surface area contributed by atoms with E-state index >= 15 is 0 Å². The van der Waals surface area contributed by atoms with Crippen molar-refractivity contribution in [3.63, 3.8) is 0 Å². The van der Waals surface area contributed by atoms with Crippen LogP contribution in [0.1, 0.15) is 16.2 Å². The molecule has 6 heteroatoms. The van der Waals surface area contributed by atoms with Crippen LogP contribution in [0.2, 0.25) is 0 Å². The van der Waals surface area contributed by atoms with E-state index in [1.165, 1.54) is 4.68 Å². The molecule has 0 atom stereocenters. The van der Waals surface area contributed by atoms with Crippen molar-refractivity contribution in [1.29, 1.82) is 0 Å². The Balaban J connectivity index is 1.84. The van der Waals surface area contributed by atoms with Gasteiger partial charge in [-0.05, 0) is 31.2 Å². The van der Waals surface area contributed by atoms with Crippen molar-refractivity contribution in [2.24, 2.45) is 7.05 Å². The van der Waals surface area contributed by atoms with Gasteiger partial charge >= 0.3 is 0 Å². The number of hydrogen-bond donors (Lipinski definition) is 1. The number of hydrogen-bond acceptors (Lipinski definition) is 4. The van der Waals surface area contributed by atoms with Gasteiger partial charge in [-0.3, -0.25) is 9.48 Å². The maximum absolute atomic E-state index is 12.1. The molecule has 0 aliphatic rings. The van der Waals surface area contributed by atoms with Gasteiger partial charge < -0.3 is 9.73 Å². The first-order valence-corrected chi connectivity index (χ1v) is 6.45. The second kappa shape index (κ2) is 5.24.